The monoisotopic (exact) mass is 478 g/mol. The predicted molar refractivity (Wildman–Crippen MR) is 137 cm³/mol. The average molecular weight is 479 g/mol. The molecule has 7 nitrogen and oxygen atoms in total. The van der Waals surface area contributed by atoms with Gasteiger partial charge < -0.3 is 29.8 Å². The molecule has 3 N–H and O–H groups in total. The van der Waals surface area contributed by atoms with Crippen molar-refractivity contribution in [2.75, 3.05) is 39.2 Å². The van der Waals surface area contributed by atoms with E-state index in [0.29, 0.717) is 23.0 Å². The van der Waals surface area contributed by atoms with E-state index in [-0.39, 0.29) is 12.4 Å². The number of likely N-dealkylation sites (N-methyl/N-ethyl adjacent to an activating group) is 1. The third kappa shape index (κ3) is 7.82. The molecule has 4 rings (SSSR count). The first kappa shape index (κ1) is 26.2. The number of anilines is 1. The predicted octanol–water partition coefficient (Wildman–Crippen LogP) is 4.33. The zero-order valence-corrected chi connectivity index (χ0v) is 20.3. The van der Waals surface area contributed by atoms with Gasteiger partial charge in [0.1, 0.15) is 23.8 Å². The van der Waals surface area contributed by atoms with Crippen LogP contribution >= 0.6 is 0 Å². The number of aromatic hydroxyl groups is 1. The van der Waals surface area contributed by atoms with E-state index in [9.17, 15) is 15.0 Å². The maximum atomic E-state index is 11.3. The molecule has 3 aromatic rings. The molecule has 35 heavy (non-hydrogen) atoms. The van der Waals surface area contributed by atoms with Crippen LogP contribution in [-0.2, 0) is 16.1 Å². The van der Waals surface area contributed by atoms with Crippen molar-refractivity contribution in [2.24, 2.45) is 0 Å². The lowest BCUT2D eigenvalue weighted by atomic mass is 10.1. The van der Waals surface area contributed by atoms with Crippen LogP contribution in [0.3, 0.4) is 0 Å². The Morgan fingerprint density at radius 1 is 1.14 bits per heavy atom. The van der Waals surface area contributed by atoms with Gasteiger partial charge in [0.15, 0.2) is 0 Å². The van der Waals surface area contributed by atoms with Gasteiger partial charge in [-0.3, -0.25) is 4.90 Å². The Morgan fingerprint density at radius 3 is 2.54 bits per heavy atom. The molecule has 0 bridgehead atoms. The van der Waals surface area contributed by atoms with Crippen molar-refractivity contribution in [3.63, 3.8) is 0 Å². The van der Waals surface area contributed by atoms with E-state index < -0.39 is 6.04 Å². The minimum absolute atomic E-state index is 0.114. The molecule has 186 valence electrons. The van der Waals surface area contributed by atoms with Gasteiger partial charge in [0.05, 0.1) is 26.4 Å². The lowest BCUT2D eigenvalue weighted by Gasteiger charge is -2.25. The minimum Gasteiger partial charge on any atom is -0.508 e. The molecule has 0 aliphatic carbocycles. The standard InChI is InChI=1S/C16H17NO4.C12H17NO/c1-21-15-7-11(9-18)6-13(8-15)17-16(10-19)12-2-4-14(20)5-3-12;1-13-8-5-9-14-10-12(13)11-6-3-2-4-7-11/h2-8,10,16-18,20H,9H2,1H3;2-4,6-7,12H,5,8-10H2,1H3. The van der Waals surface area contributed by atoms with Crippen molar-refractivity contribution in [1.82, 2.24) is 4.90 Å². The van der Waals surface area contributed by atoms with E-state index >= 15 is 0 Å². The Balaban J connectivity index is 0.000000211. The quantitative estimate of drug-likeness (QED) is 0.436. The lowest BCUT2D eigenvalue weighted by molar-refractivity contribution is -0.108. The van der Waals surface area contributed by atoms with E-state index in [1.54, 1.807) is 30.3 Å². The first-order chi connectivity index (χ1) is 17.0. The third-order valence-corrected chi connectivity index (χ3v) is 5.89. The van der Waals surface area contributed by atoms with Crippen LogP contribution in [0.2, 0.25) is 0 Å². The van der Waals surface area contributed by atoms with Gasteiger partial charge in [-0.2, -0.15) is 0 Å². The number of hydrogen-bond donors (Lipinski definition) is 3. The molecular weight excluding hydrogens is 444 g/mol. The first-order valence-corrected chi connectivity index (χ1v) is 11.7. The Labute approximate surface area is 206 Å². The van der Waals surface area contributed by atoms with Gasteiger partial charge in [-0.25, -0.2) is 0 Å². The Morgan fingerprint density at radius 2 is 1.89 bits per heavy atom. The van der Waals surface area contributed by atoms with Crippen molar-refractivity contribution in [3.8, 4) is 11.5 Å². The molecule has 0 spiro atoms. The summed E-state index contributed by atoms with van der Waals surface area (Å²) in [7, 11) is 3.71. The zero-order valence-electron chi connectivity index (χ0n) is 20.3. The fourth-order valence-corrected chi connectivity index (χ4v) is 3.93. The van der Waals surface area contributed by atoms with Crippen LogP contribution < -0.4 is 10.1 Å². The van der Waals surface area contributed by atoms with Crippen molar-refractivity contribution >= 4 is 12.0 Å². The highest BCUT2D eigenvalue weighted by Crippen LogP contribution is 2.25. The smallest absolute Gasteiger partial charge is 0.146 e. The summed E-state index contributed by atoms with van der Waals surface area (Å²) in [5.41, 5.74) is 3.45. The molecule has 1 aliphatic rings. The molecule has 1 saturated heterocycles. The van der Waals surface area contributed by atoms with Crippen LogP contribution in [0.15, 0.2) is 72.8 Å². The number of hydrogen-bond acceptors (Lipinski definition) is 7. The van der Waals surface area contributed by atoms with Gasteiger partial charge in [-0.1, -0.05) is 42.5 Å². The number of phenols is 1. The second kappa shape index (κ2) is 13.5. The number of nitrogens with one attached hydrogen (secondary N) is 1. The molecule has 7 heteroatoms. The lowest BCUT2D eigenvalue weighted by Crippen LogP contribution is -2.26. The number of aliphatic hydroxyl groups excluding tert-OH is 1. The molecule has 2 atom stereocenters. The average Bonchev–Trinajstić information content (AvgIpc) is 3.12. The number of phenolic OH excluding ortho intramolecular Hbond substituents is 1. The van der Waals surface area contributed by atoms with Crippen molar-refractivity contribution in [3.05, 3.63) is 89.5 Å². The van der Waals surface area contributed by atoms with Crippen LogP contribution in [0.5, 0.6) is 11.5 Å². The fourth-order valence-electron chi connectivity index (χ4n) is 3.93. The van der Waals surface area contributed by atoms with Crippen LogP contribution in [0.1, 0.15) is 35.2 Å². The molecule has 2 unspecified atom stereocenters. The number of benzene rings is 3. The highest BCUT2D eigenvalue weighted by Gasteiger charge is 2.19. The van der Waals surface area contributed by atoms with E-state index in [2.05, 4.69) is 47.6 Å². The summed E-state index contributed by atoms with van der Waals surface area (Å²) in [5.74, 6) is 0.742. The van der Waals surface area contributed by atoms with Gasteiger partial charge in [0.2, 0.25) is 0 Å². The molecule has 0 saturated carbocycles. The second-order valence-electron chi connectivity index (χ2n) is 8.41. The highest BCUT2D eigenvalue weighted by molar-refractivity contribution is 5.68. The highest BCUT2D eigenvalue weighted by atomic mass is 16.5. The van der Waals surface area contributed by atoms with Crippen molar-refractivity contribution < 1.29 is 24.5 Å². The van der Waals surface area contributed by atoms with Gasteiger partial charge in [-0.05, 0) is 54.4 Å². The van der Waals surface area contributed by atoms with Crippen LogP contribution in [-0.4, -0.2) is 55.3 Å². The molecule has 0 amide bonds. The Bertz CT molecular complexity index is 1020. The summed E-state index contributed by atoms with van der Waals surface area (Å²) in [4.78, 5) is 13.7. The van der Waals surface area contributed by atoms with Gasteiger partial charge >= 0.3 is 0 Å². The summed E-state index contributed by atoms with van der Waals surface area (Å²) in [5, 5.41) is 21.6. The zero-order chi connectivity index (χ0) is 25.0. The molecule has 3 aromatic carbocycles. The van der Waals surface area contributed by atoms with Gasteiger partial charge in [0, 0.05) is 24.9 Å². The van der Waals surface area contributed by atoms with Crippen molar-refractivity contribution in [2.45, 2.75) is 25.1 Å². The van der Waals surface area contributed by atoms with E-state index in [4.69, 9.17) is 9.47 Å². The van der Waals surface area contributed by atoms with Crippen LogP contribution in [0.25, 0.3) is 0 Å². The molecule has 0 aromatic heterocycles. The van der Waals surface area contributed by atoms with E-state index in [1.807, 2.05) is 0 Å². The van der Waals surface area contributed by atoms with Crippen LogP contribution in [0, 0.1) is 0 Å². The maximum absolute atomic E-state index is 11.3. The van der Waals surface area contributed by atoms with Crippen LogP contribution in [0.4, 0.5) is 5.69 Å². The summed E-state index contributed by atoms with van der Waals surface area (Å²) >= 11 is 0. The number of methoxy groups -OCH3 is 1. The topological polar surface area (TPSA) is 91.3 Å². The third-order valence-electron chi connectivity index (χ3n) is 5.89. The summed E-state index contributed by atoms with van der Waals surface area (Å²) in [6.45, 7) is 2.73. The number of nitrogens with zero attached hydrogens (tertiary/aromatic N) is 1. The number of ether oxygens (including phenoxy) is 2. The minimum atomic E-state index is -0.552. The summed E-state index contributed by atoms with van der Waals surface area (Å²) < 4.78 is 10.8. The number of carbonyl (C=O) groups excluding carboxylic acids is 1. The summed E-state index contributed by atoms with van der Waals surface area (Å²) in [6.07, 6.45) is 1.92. The summed E-state index contributed by atoms with van der Waals surface area (Å²) in [6, 6.07) is 22.1. The number of aldehydes is 1. The Kier molecular flexibility index (Phi) is 10.1. The number of rotatable bonds is 7. The number of carbonyl (C=O) groups is 1. The normalized spacial score (nSPS) is 16.8. The molecular formula is C28H34N2O5. The first-order valence-electron chi connectivity index (χ1n) is 11.7. The molecule has 0 radical (unpaired) electrons. The second-order valence-corrected chi connectivity index (χ2v) is 8.41. The largest absolute Gasteiger partial charge is 0.508 e. The van der Waals surface area contributed by atoms with E-state index in [1.165, 1.54) is 24.8 Å². The molecule has 1 fully saturated rings. The van der Waals surface area contributed by atoms with E-state index in [0.717, 1.165) is 38.0 Å². The molecule has 1 aliphatic heterocycles. The maximum Gasteiger partial charge on any atom is 0.146 e. The van der Waals surface area contributed by atoms with Crippen molar-refractivity contribution in [1.29, 1.82) is 0 Å². The Hall–Kier alpha value is -3.39. The SMILES string of the molecule is CN1CCCOCC1c1ccccc1.COc1cc(CO)cc(NC(C=O)c2ccc(O)cc2)c1. The fraction of sp³-hybridized carbons (Fsp3) is 0.321. The number of aliphatic hydroxyl groups is 1. The molecule has 1 heterocycles. The van der Waals surface area contributed by atoms with Gasteiger partial charge in [0.25, 0.3) is 0 Å². The van der Waals surface area contributed by atoms with Gasteiger partial charge in [-0.15, -0.1) is 0 Å².